The maximum Gasteiger partial charge on any atom is 0.338 e. The molecule has 0 amide bonds. The third-order valence-electron chi connectivity index (χ3n) is 4.97. The average Bonchev–Trinajstić information content (AvgIpc) is 3.59. The second-order valence-electron chi connectivity index (χ2n) is 7.60. The fourth-order valence-electron chi connectivity index (χ4n) is 3.25. The quantitative estimate of drug-likeness (QED) is 0.363. The third kappa shape index (κ3) is 4.94. The normalized spacial score (nSPS) is 12.9. The number of nitrogens with one attached hydrogen (secondary N) is 1. The molecule has 0 bridgehead atoms. The molecule has 9 nitrogen and oxygen atoms in total. The first-order valence-corrected chi connectivity index (χ1v) is 10.1. The number of hydrogen-bond donors (Lipinski definition) is 3. The second-order valence-corrected chi connectivity index (χ2v) is 7.60. The summed E-state index contributed by atoms with van der Waals surface area (Å²) in [6.07, 6.45) is 3.28. The molecule has 1 aliphatic rings. The lowest BCUT2D eigenvalue weighted by Gasteiger charge is -2.14. The molecule has 9 heteroatoms. The van der Waals surface area contributed by atoms with Gasteiger partial charge in [0, 0.05) is 17.3 Å². The molecule has 2 aromatic carbocycles. The molecule has 4 rings (SSSR count). The Morgan fingerprint density at radius 2 is 1.94 bits per heavy atom. The van der Waals surface area contributed by atoms with E-state index in [4.69, 9.17) is 10.5 Å². The Hall–Kier alpha value is -4.14. The molecule has 1 aliphatic carbocycles. The number of anilines is 2. The Morgan fingerprint density at radius 1 is 1.19 bits per heavy atom. The highest BCUT2D eigenvalue weighted by molar-refractivity contribution is 5.92. The minimum atomic E-state index is -1.18. The standard InChI is InChI=1S/C23H22N4O5/c24-17-9-15(8-16(10-17)23(31)32-13-14-4-2-1-3-5-14)19-11-25-21(26-18-6-7-18)22(30)27(19)12-20(28)29/h1-5,8-11,18H,6-7,12-13,24H2,(H,25,26)(H,28,29). The first kappa shape index (κ1) is 21.1. The van der Waals surface area contributed by atoms with Crippen molar-refractivity contribution >= 4 is 23.4 Å². The summed E-state index contributed by atoms with van der Waals surface area (Å²) in [5, 5.41) is 12.3. The highest BCUT2D eigenvalue weighted by Crippen LogP contribution is 2.26. The predicted octanol–water partition coefficient (Wildman–Crippen LogP) is 2.51. The summed E-state index contributed by atoms with van der Waals surface area (Å²) < 4.78 is 6.47. The molecule has 1 saturated carbocycles. The van der Waals surface area contributed by atoms with Crippen LogP contribution in [0.4, 0.5) is 11.5 Å². The number of nitrogens with zero attached hydrogens (tertiary/aromatic N) is 2. The lowest BCUT2D eigenvalue weighted by Crippen LogP contribution is -2.29. The van der Waals surface area contributed by atoms with Crippen LogP contribution in [-0.2, 0) is 22.7 Å². The molecule has 0 saturated heterocycles. The number of aromatic nitrogens is 2. The first-order chi connectivity index (χ1) is 15.4. The predicted molar refractivity (Wildman–Crippen MR) is 118 cm³/mol. The molecule has 1 heterocycles. The van der Waals surface area contributed by atoms with Gasteiger partial charge in [-0.15, -0.1) is 0 Å². The Bertz CT molecular complexity index is 1220. The van der Waals surface area contributed by atoms with E-state index in [1.54, 1.807) is 6.07 Å². The molecule has 4 N–H and O–H groups in total. The lowest BCUT2D eigenvalue weighted by atomic mass is 10.1. The van der Waals surface area contributed by atoms with Gasteiger partial charge in [0.25, 0.3) is 5.56 Å². The summed E-state index contributed by atoms with van der Waals surface area (Å²) in [5.41, 5.74) is 7.36. The van der Waals surface area contributed by atoms with Gasteiger partial charge < -0.3 is 20.9 Å². The van der Waals surface area contributed by atoms with E-state index in [0.717, 1.165) is 23.0 Å². The van der Waals surface area contributed by atoms with Crippen LogP contribution in [-0.4, -0.2) is 32.6 Å². The van der Waals surface area contributed by atoms with Crippen LogP contribution in [0.15, 0.2) is 59.5 Å². The minimum Gasteiger partial charge on any atom is -0.480 e. The number of aliphatic carboxylic acids is 1. The van der Waals surface area contributed by atoms with Gasteiger partial charge in [0.2, 0.25) is 0 Å². The molecule has 0 unspecified atom stereocenters. The van der Waals surface area contributed by atoms with E-state index in [1.807, 2.05) is 30.3 Å². The van der Waals surface area contributed by atoms with Crippen molar-refractivity contribution in [2.75, 3.05) is 11.1 Å². The van der Waals surface area contributed by atoms with Crippen LogP contribution in [0.5, 0.6) is 0 Å². The van der Waals surface area contributed by atoms with Gasteiger partial charge in [-0.05, 0) is 36.6 Å². The van der Waals surface area contributed by atoms with Gasteiger partial charge in [-0.2, -0.15) is 0 Å². The number of hydrogen-bond acceptors (Lipinski definition) is 7. The SMILES string of the molecule is Nc1cc(C(=O)OCc2ccccc2)cc(-c2cnc(NC3CC3)c(=O)n2CC(=O)O)c1. The summed E-state index contributed by atoms with van der Waals surface area (Å²) in [6.45, 7) is -0.463. The molecule has 32 heavy (non-hydrogen) atoms. The smallest absolute Gasteiger partial charge is 0.338 e. The van der Waals surface area contributed by atoms with Crippen LogP contribution in [0.2, 0.25) is 0 Å². The van der Waals surface area contributed by atoms with Gasteiger partial charge in [-0.25, -0.2) is 9.78 Å². The highest BCUT2D eigenvalue weighted by Gasteiger charge is 2.24. The van der Waals surface area contributed by atoms with E-state index < -0.39 is 24.0 Å². The third-order valence-corrected chi connectivity index (χ3v) is 4.97. The molecule has 164 valence electrons. The maximum absolute atomic E-state index is 12.9. The van der Waals surface area contributed by atoms with Crippen LogP contribution in [0, 0.1) is 0 Å². The Balaban J connectivity index is 1.66. The molecule has 0 aliphatic heterocycles. The summed E-state index contributed by atoms with van der Waals surface area (Å²) in [6, 6.07) is 13.9. The number of esters is 1. The Labute approximate surface area is 183 Å². The summed E-state index contributed by atoms with van der Waals surface area (Å²) in [7, 11) is 0. The van der Waals surface area contributed by atoms with Crippen molar-refractivity contribution in [1.82, 2.24) is 9.55 Å². The molecule has 1 aromatic heterocycles. The van der Waals surface area contributed by atoms with E-state index in [-0.39, 0.29) is 35.4 Å². The van der Waals surface area contributed by atoms with E-state index in [9.17, 15) is 19.5 Å². The molecule has 0 atom stereocenters. The maximum atomic E-state index is 12.9. The van der Waals surface area contributed by atoms with Crippen LogP contribution in [0.3, 0.4) is 0 Å². The number of benzene rings is 2. The van der Waals surface area contributed by atoms with Crippen molar-refractivity contribution in [3.05, 3.63) is 76.2 Å². The molecule has 0 spiro atoms. The van der Waals surface area contributed by atoms with Crippen LogP contribution in [0.25, 0.3) is 11.3 Å². The van der Waals surface area contributed by atoms with Crippen molar-refractivity contribution in [1.29, 1.82) is 0 Å². The first-order valence-electron chi connectivity index (χ1n) is 10.1. The Morgan fingerprint density at radius 3 is 2.62 bits per heavy atom. The highest BCUT2D eigenvalue weighted by atomic mass is 16.5. The number of ether oxygens (including phenoxy) is 1. The van der Waals surface area contributed by atoms with E-state index in [2.05, 4.69) is 10.3 Å². The van der Waals surface area contributed by atoms with Gasteiger partial charge in [0.15, 0.2) is 5.82 Å². The number of carboxylic acid groups (broad SMARTS) is 1. The van der Waals surface area contributed by atoms with Gasteiger partial charge in [0.05, 0.1) is 17.5 Å². The summed E-state index contributed by atoms with van der Waals surface area (Å²) in [4.78, 5) is 41.1. The molecule has 0 radical (unpaired) electrons. The van der Waals surface area contributed by atoms with E-state index in [0.29, 0.717) is 5.56 Å². The second kappa shape index (κ2) is 8.93. The van der Waals surface area contributed by atoms with E-state index >= 15 is 0 Å². The zero-order valence-corrected chi connectivity index (χ0v) is 17.2. The minimum absolute atomic E-state index is 0.0939. The zero-order valence-electron chi connectivity index (χ0n) is 17.2. The zero-order chi connectivity index (χ0) is 22.7. The number of rotatable bonds is 8. The van der Waals surface area contributed by atoms with Crippen LogP contribution >= 0.6 is 0 Å². The topological polar surface area (TPSA) is 137 Å². The lowest BCUT2D eigenvalue weighted by molar-refractivity contribution is -0.137. The fraction of sp³-hybridized carbons (Fsp3) is 0.217. The summed E-state index contributed by atoms with van der Waals surface area (Å²) >= 11 is 0. The molecular weight excluding hydrogens is 412 g/mol. The van der Waals surface area contributed by atoms with Gasteiger partial charge >= 0.3 is 11.9 Å². The van der Waals surface area contributed by atoms with Gasteiger partial charge in [-0.1, -0.05) is 30.3 Å². The monoisotopic (exact) mass is 434 g/mol. The largest absolute Gasteiger partial charge is 0.480 e. The van der Waals surface area contributed by atoms with Crippen LogP contribution in [0.1, 0.15) is 28.8 Å². The number of carboxylic acids is 1. The molecule has 3 aromatic rings. The number of carbonyl (C=O) groups excluding carboxylic acids is 1. The Kier molecular flexibility index (Phi) is 5.89. The molecule has 1 fully saturated rings. The number of nitrogens with two attached hydrogens (primary N) is 1. The number of carbonyl (C=O) groups is 2. The van der Waals surface area contributed by atoms with Crippen molar-refractivity contribution in [3.63, 3.8) is 0 Å². The fourth-order valence-corrected chi connectivity index (χ4v) is 3.25. The molecular formula is C23H22N4O5. The van der Waals surface area contributed by atoms with Crippen molar-refractivity contribution in [2.24, 2.45) is 0 Å². The van der Waals surface area contributed by atoms with Crippen molar-refractivity contribution in [3.8, 4) is 11.3 Å². The average molecular weight is 434 g/mol. The van der Waals surface area contributed by atoms with Gasteiger partial charge in [-0.3, -0.25) is 14.2 Å². The van der Waals surface area contributed by atoms with Crippen LogP contribution < -0.4 is 16.6 Å². The number of nitrogen functional groups attached to an aromatic ring is 1. The van der Waals surface area contributed by atoms with E-state index in [1.165, 1.54) is 18.3 Å². The van der Waals surface area contributed by atoms with Crippen molar-refractivity contribution in [2.45, 2.75) is 32.0 Å². The van der Waals surface area contributed by atoms with Gasteiger partial charge in [0.1, 0.15) is 13.2 Å². The van der Waals surface area contributed by atoms with Crippen molar-refractivity contribution < 1.29 is 19.4 Å². The summed E-state index contributed by atoms with van der Waals surface area (Å²) in [5.74, 6) is -1.67.